The van der Waals surface area contributed by atoms with Crippen molar-refractivity contribution < 1.29 is 9.53 Å². The van der Waals surface area contributed by atoms with E-state index < -0.39 is 6.10 Å². The Bertz CT molecular complexity index is 641. The van der Waals surface area contributed by atoms with Gasteiger partial charge < -0.3 is 4.74 Å². The van der Waals surface area contributed by atoms with E-state index in [0.29, 0.717) is 21.8 Å². The Morgan fingerprint density at radius 3 is 2.52 bits per heavy atom. The maximum atomic E-state index is 12.2. The van der Waals surface area contributed by atoms with Crippen molar-refractivity contribution in [1.82, 2.24) is 10.2 Å². The number of carbonyl (C=O) groups excluding carboxylic acids is 1. The Morgan fingerprint density at radius 2 is 1.91 bits per heavy atom. The van der Waals surface area contributed by atoms with Gasteiger partial charge in [0.05, 0.1) is 0 Å². The summed E-state index contributed by atoms with van der Waals surface area (Å²) in [6.07, 6.45) is 1.38. The fourth-order valence-electron chi connectivity index (χ4n) is 2.07. The standard InChI is InChI=1S/C16H20ClN3O2S/c1-4-11(5-2)15-19-20-16(23-15)18-14(21)10(3)22-13-8-6-12(17)7-9-13/h6-11H,4-5H2,1-3H3,(H,18,20,21)/t10-/m1/s1. The van der Waals surface area contributed by atoms with E-state index in [0.717, 1.165) is 17.8 Å². The SMILES string of the molecule is CCC(CC)c1nnc(NC(=O)[C@@H](C)Oc2ccc(Cl)cc2)s1. The number of nitrogens with zero attached hydrogens (tertiary/aromatic N) is 2. The van der Waals surface area contributed by atoms with Crippen LogP contribution in [0.5, 0.6) is 5.75 Å². The van der Waals surface area contributed by atoms with Gasteiger partial charge in [0.2, 0.25) is 5.13 Å². The number of benzene rings is 1. The van der Waals surface area contributed by atoms with Gasteiger partial charge in [0.25, 0.3) is 5.91 Å². The molecule has 0 saturated heterocycles. The van der Waals surface area contributed by atoms with Crippen molar-refractivity contribution in [2.45, 2.75) is 45.6 Å². The molecule has 2 rings (SSSR count). The Kier molecular flexibility index (Phi) is 6.36. The van der Waals surface area contributed by atoms with Crippen molar-refractivity contribution in [2.24, 2.45) is 0 Å². The molecule has 2 aromatic rings. The van der Waals surface area contributed by atoms with Crippen molar-refractivity contribution in [1.29, 1.82) is 0 Å². The number of halogens is 1. The maximum absolute atomic E-state index is 12.2. The van der Waals surface area contributed by atoms with E-state index in [2.05, 4.69) is 29.4 Å². The average Bonchev–Trinajstić information content (AvgIpc) is 2.99. The highest BCUT2D eigenvalue weighted by atomic mass is 35.5. The minimum Gasteiger partial charge on any atom is -0.481 e. The Hall–Kier alpha value is -1.66. The fraction of sp³-hybridized carbons (Fsp3) is 0.438. The molecule has 1 heterocycles. The molecule has 0 fully saturated rings. The average molecular weight is 354 g/mol. The minimum absolute atomic E-state index is 0.257. The molecule has 1 aromatic heterocycles. The number of carbonyl (C=O) groups is 1. The van der Waals surface area contributed by atoms with Gasteiger partial charge in [-0.15, -0.1) is 10.2 Å². The van der Waals surface area contributed by atoms with Crippen LogP contribution in [0.25, 0.3) is 0 Å². The number of ether oxygens (including phenoxy) is 1. The lowest BCUT2D eigenvalue weighted by atomic mass is 10.1. The van der Waals surface area contributed by atoms with Crippen LogP contribution in [0.3, 0.4) is 0 Å². The van der Waals surface area contributed by atoms with E-state index in [-0.39, 0.29) is 5.91 Å². The molecule has 0 aliphatic heterocycles. The molecule has 0 spiro atoms. The first-order valence-electron chi connectivity index (χ1n) is 7.60. The first-order chi connectivity index (χ1) is 11.0. The van der Waals surface area contributed by atoms with Crippen molar-refractivity contribution in [2.75, 3.05) is 5.32 Å². The first-order valence-corrected chi connectivity index (χ1v) is 8.79. The number of rotatable bonds is 7. The molecule has 0 bridgehead atoms. The van der Waals surface area contributed by atoms with Gasteiger partial charge in [-0.25, -0.2) is 0 Å². The molecule has 1 aromatic carbocycles. The second kappa shape index (κ2) is 8.26. The van der Waals surface area contributed by atoms with Gasteiger partial charge in [0.15, 0.2) is 6.10 Å². The molecule has 1 N–H and O–H groups in total. The van der Waals surface area contributed by atoms with Gasteiger partial charge >= 0.3 is 0 Å². The summed E-state index contributed by atoms with van der Waals surface area (Å²) in [7, 11) is 0. The van der Waals surface area contributed by atoms with Crippen molar-refractivity contribution in [3.63, 3.8) is 0 Å². The zero-order valence-electron chi connectivity index (χ0n) is 13.4. The molecule has 0 aliphatic rings. The second-order valence-corrected chi connectivity index (χ2v) is 6.61. The molecule has 7 heteroatoms. The predicted molar refractivity (Wildman–Crippen MR) is 93.4 cm³/mol. The summed E-state index contributed by atoms with van der Waals surface area (Å²) in [5, 5.41) is 13.0. The van der Waals surface area contributed by atoms with E-state index in [4.69, 9.17) is 16.3 Å². The molecular formula is C16H20ClN3O2S. The number of hydrogen-bond donors (Lipinski definition) is 1. The van der Waals surface area contributed by atoms with Crippen LogP contribution in [0.1, 0.15) is 44.5 Å². The molecular weight excluding hydrogens is 334 g/mol. The highest BCUT2D eigenvalue weighted by Crippen LogP contribution is 2.28. The van der Waals surface area contributed by atoms with Crippen LogP contribution >= 0.6 is 22.9 Å². The van der Waals surface area contributed by atoms with Crippen LogP contribution in [-0.2, 0) is 4.79 Å². The van der Waals surface area contributed by atoms with E-state index >= 15 is 0 Å². The monoisotopic (exact) mass is 353 g/mol. The summed E-state index contributed by atoms with van der Waals surface area (Å²) in [6.45, 7) is 5.93. The van der Waals surface area contributed by atoms with Gasteiger partial charge in [0, 0.05) is 10.9 Å². The topological polar surface area (TPSA) is 64.1 Å². The summed E-state index contributed by atoms with van der Waals surface area (Å²) in [5.41, 5.74) is 0. The second-order valence-electron chi connectivity index (χ2n) is 5.16. The van der Waals surface area contributed by atoms with Crippen LogP contribution in [0.2, 0.25) is 5.02 Å². The quantitative estimate of drug-likeness (QED) is 0.795. The summed E-state index contributed by atoms with van der Waals surface area (Å²) in [4.78, 5) is 12.2. The number of amides is 1. The number of hydrogen-bond acceptors (Lipinski definition) is 5. The third-order valence-electron chi connectivity index (χ3n) is 3.50. The third kappa shape index (κ3) is 4.91. The van der Waals surface area contributed by atoms with Gasteiger partial charge in [-0.3, -0.25) is 10.1 Å². The maximum Gasteiger partial charge on any atom is 0.266 e. The molecule has 0 unspecified atom stereocenters. The Labute approximate surface area is 145 Å². The molecule has 1 amide bonds. The van der Waals surface area contributed by atoms with Crippen molar-refractivity contribution in [3.05, 3.63) is 34.3 Å². The van der Waals surface area contributed by atoms with E-state index in [1.54, 1.807) is 31.2 Å². The summed E-state index contributed by atoms with van der Waals surface area (Å²) < 4.78 is 5.59. The Balaban J connectivity index is 1.94. The van der Waals surface area contributed by atoms with E-state index in [1.807, 2.05) is 0 Å². The van der Waals surface area contributed by atoms with Gasteiger partial charge in [0.1, 0.15) is 10.8 Å². The smallest absolute Gasteiger partial charge is 0.266 e. The van der Waals surface area contributed by atoms with Crippen LogP contribution < -0.4 is 10.1 Å². The first kappa shape index (κ1) is 17.7. The predicted octanol–water partition coefficient (Wildman–Crippen LogP) is 4.50. The summed E-state index contributed by atoms with van der Waals surface area (Å²) in [6, 6.07) is 6.88. The number of nitrogens with one attached hydrogen (secondary N) is 1. The lowest BCUT2D eigenvalue weighted by molar-refractivity contribution is -0.122. The van der Waals surface area contributed by atoms with Crippen molar-refractivity contribution >= 4 is 34.0 Å². The highest BCUT2D eigenvalue weighted by molar-refractivity contribution is 7.15. The van der Waals surface area contributed by atoms with Crippen LogP contribution in [0.15, 0.2) is 24.3 Å². The van der Waals surface area contributed by atoms with Gasteiger partial charge in [-0.1, -0.05) is 36.8 Å². The fourth-order valence-corrected chi connectivity index (χ4v) is 3.20. The normalized spacial score (nSPS) is 12.2. The van der Waals surface area contributed by atoms with E-state index in [9.17, 15) is 4.79 Å². The third-order valence-corrected chi connectivity index (χ3v) is 4.75. The van der Waals surface area contributed by atoms with E-state index in [1.165, 1.54) is 11.3 Å². The molecule has 0 radical (unpaired) electrons. The number of anilines is 1. The van der Waals surface area contributed by atoms with Crippen LogP contribution in [0.4, 0.5) is 5.13 Å². The summed E-state index contributed by atoms with van der Waals surface area (Å²) in [5.74, 6) is 0.722. The molecule has 0 aliphatic carbocycles. The van der Waals surface area contributed by atoms with Crippen LogP contribution in [0, 0.1) is 0 Å². The van der Waals surface area contributed by atoms with Gasteiger partial charge in [-0.05, 0) is 44.0 Å². The Morgan fingerprint density at radius 1 is 1.26 bits per heavy atom. The molecule has 124 valence electrons. The molecule has 23 heavy (non-hydrogen) atoms. The minimum atomic E-state index is -0.642. The molecule has 0 saturated carbocycles. The summed E-state index contributed by atoms with van der Waals surface area (Å²) >= 11 is 7.24. The van der Waals surface area contributed by atoms with Crippen molar-refractivity contribution in [3.8, 4) is 5.75 Å². The lowest BCUT2D eigenvalue weighted by Crippen LogP contribution is -2.30. The zero-order valence-corrected chi connectivity index (χ0v) is 14.9. The van der Waals surface area contributed by atoms with Gasteiger partial charge in [-0.2, -0.15) is 0 Å². The van der Waals surface area contributed by atoms with Crippen LogP contribution in [-0.4, -0.2) is 22.2 Å². The zero-order chi connectivity index (χ0) is 16.8. The largest absolute Gasteiger partial charge is 0.481 e. The molecule has 1 atom stereocenters. The number of aromatic nitrogens is 2. The highest BCUT2D eigenvalue weighted by Gasteiger charge is 2.18. The molecule has 5 nitrogen and oxygen atoms in total. The lowest BCUT2D eigenvalue weighted by Gasteiger charge is -2.13.